The van der Waals surface area contributed by atoms with Gasteiger partial charge in [-0.1, -0.05) is 53.5 Å². The second kappa shape index (κ2) is 8.19. The fraction of sp³-hybridized carbons (Fsp3) is 0.316. The van der Waals surface area contributed by atoms with Crippen LogP contribution >= 0.6 is 23.2 Å². The standard InChI is InChI=1S/C19H20Cl2N2O3S/c1-2-27(25,26)23-11-17(13-6-4-3-5-7-13)18(12-23)22-19(24)14-8-15(20)10-16(21)9-14/h3-10,17-18H,2,11-12H2,1H3,(H,22,24)/t17-,18+/m1/s1. The summed E-state index contributed by atoms with van der Waals surface area (Å²) < 4.78 is 26.1. The van der Waals surface area contributed by atoms with Gasteiger partial charge < -0.3 is 5.32 Å². The molecule has 0 saturated carbocycles. The van der Waals surface area contributed by atoms with E-state index in [1.165, 1.54) is 16.4 Å². The van der Waals surface area contributed by atoms with Crippen molar-refractivity contribution in [1.29, 1.82) is 0 Å². The number of halogens is 2. The van der Waals surface area contributed by atoms with Crippen molar-refractivity contribution < 1.29 is 13.2 Å². The zero-order valence-corrected chi connectivity index (χ0v) is 17.1. The molecule has 0 spiro atoms. The predicted octanol–water partition coefficient (Wildman–Crippen LogP) is 3.54. The second-order valence-electron chi connectivity index (χ2n) is 6.47. The Hall–Kier alpha value is -1.60. The van der Waals surface area contributed by atoms with Crippen molar-refractivity contribution in [2.24, 2.45) is 0 Å². The molecule has 3 rings (SSSR count). The van der Waals surface area contributed by atoms with Gasteiger partial charge in [0.15, 0.2) is 0 Å². The lowest BCUT2D eigenvalue weighted by atomic mass is 9.94. The monoisotopic (exact) mass is 426 g/mol. The molecule has 5 nitrogen and oxygen atoms in total. The lowest BCUT2D eigenvalue weighted by Crippen LogP contribution is -2.40. The van der Waals surface area contributed by atoms with Crippen LogP contribution in [0.1, 0.15) is 28.8 Å². The van der Waals surface area contributed by atoms with E-state index in [0.717, 1.165) is 5.56 Å². The van der Waals surface area contributed by atoms with Gasteiger partial charge in [0.1, 0.15) is 0 Å². The Balaban J connectivity index is 1.87. The number of carbonyl (C=O) groups is 1. The van der Waals surface area contributed by atoms with E-state index in [0.29, 0.717) is 22.2 Å². The number of benzene rings is 2. The first-order chi connectivity index (χ1) is 12.8. The van der Waals surface area contributed by atoms with Gasteiger partial charge >= 0.3 is 0 Å². The van der Waals surface area contributed by atoms with E-state index in [9.17, 15) is 13.2 Å². The van der Waals surface area contributed by atoms with Crippen LogP contribution < -0.4 is 5.32 Å². The third-order valence-corrected chi connectivity index (χ3v) is 6.96. The molecule has 2 atom stereocenters. The molecule has 1 saturated heterocycles. The highest BCUT2D eigenvalue weighted by Gasteiger charge is 2.39. The minimum Gasteiger partial charge on any atom is -0.347 e. The van der Waals surface area contributed by atoms with E-state index in [1.807, 2.05) is 30.3 Å². The molecule has 2 aromatic rings. The van der Waals surface area contributed by atoms with Crippen LogP contribution in [0.25, 0.3) is 0 Å². The lowest BCUT2D eigenvalue weighted by Gasteiger charge is -2.20. The van der Waals surface area contributed by atoms with E-state index in [4.69, 9.17) is 23.2 Å². The maximum Gasteiger partial charge on any atom is 0.251 e. The second-order valence-corrected chi connectivity index (χ2v) is 9.60. The van der Waals surface area contributed by atoms with E-state index in [1.54, 1.807) is 13.0 Å². The summed E-state index contributed by atoms with van der Waals surface area (Å²) in [7, 11) is -3.35. The average Bonchev–Trinajstić information content (AvgIpc) is 3.06. The Kier molecular flexibility index (Phi) is 6.11. The first-order valence-electron chi connectivity index (χ1n) is 8.60. The fourth-order valence-electron chi connectivity index (χ4n) is 3.30. The van der Waals surface area contributed by atoms with Crippen LogP contribution in [0.5, 0.6) is 0 Å². The molecule has 0 radical (unpaired) electrons. The van der Waals surface area contributed by atoms with E-state index >= 15 is 0 Å². The lowest BCUT2D eigenvalue weighted by molar-refractivity contribution is 0.0936. The number of carbonyl (C=O) groups excluding carboxylic acids is 1. The Morgan fingerprint density at radius 2 is 1.74 bits per heavy atom. The van der Waals surface area contributed by atoms with Crippen molar-refractivity contribution >= 4 is 39.1 Å². The molecule has 1 N–H and O–H groups in total. The smallest absolute Gasteiger partial charge is 0.251 e. The number of hydrogen-bond donors (Lipinski definition) is 1. The number of rotatable bonds is 5. The molecule has 1 amide bonds. The summed E-state index contributed by atoms with van der Waals surface area (Å²) in [4.78, 5) is 12.7. The molecule has 0 aromatic heterocycles. The van der Waals surface area contributed by atoms with Crippen molar-refractivity contribution in [3.05, 3.63) is 69.7 Å². The first kappa shape index (κ1) is 20.1. The van der Waals surface area contributed by atoms with Crippen molar-refractivity contribution in [1.82, 2.24) is 9.62 Å². The highest BCUT2D eigenvalue weighted by molar-refractivity contribution is 7.89. The van der Waals surface area contributed by atoms with E-state index in [2.05, 4.69) is 5.32 Å². The molecule has 8 heteroatoms. The van der Waals surface area contributed by atoms with E-state index in [-0.39, 0.29) is 30.2 Å². The summed E-state index contributed by atoms with van der Waals surface area (Å²) >= 11 is 12.0. The maximum absolute atomic E-state index is 12.7. The number of amides is 1. The van der Waals surface area contributed by atoms with Gasteiger partial charge in [0.2, 0.25) is 10.0 Å². The van der Waals surface area contributed by atoms with Crippen LogP contribution in [-0.2, 0) is 10.0 Å². The van der Waals surface area contributed by atoms with Crippen LogP contribution in [0.4, 0.5) is 0 Å². The summed E-state index contributed by atoms with van der Waals surface area (Å²) in [5.74, 6) is -0.439. The van der Waals surface area contributed by atoms with Crippen LogP contribution in [0.15, 0.2) is 48.5 Å². The zero-order chi connectivity index (χ0) is 19.6. The fourth-order valence-corrected chi connectivity index (χ4v) is 4.96. The Morgan fingerprint density at radius 1 is 1.11 bits per heavy atom. The molecule has 0 aliphatic carbocycles. The van der Waals surface area contributed by atoms with Crippen LogP contribution in [0.2, 0.25) is 10.0 Å². The zero-order valence-electron chi connectivity index (χ0n) is 14.7. The van der Waals surface area contributed by atoms with Gasteiger partial charge in [-0.2, -0.15) is 4.31 Å². The van der Waals surface area contributed by atoms with E-state index < -0.39 is 10.0 Å². The maximum atomic E-state index is 12.7. The molecule has 1 fully saturated rings. The van der Waals surface area contributed by atoms with Crippen molar-refractivity contribution in [2.45, 2.75) is 18.9 Å². The van der Waals surface area contributed by atoms with Gasteiger partial charge in [-0.05, 0) is 30.7 Å². The van der Waals surface area contributed by atoms with Gasteiger partial charge in [0.05, 0.1) is 11.8 Å². The first-order valence-corrected chi connectivity index (χ1v) is 11.0. The number of nitrogens with one attached hydrogen (secondary N) is 1. The molecule has 144 valence electrons. The summed E-state index contributed by atoms with van der Waals surface area (Å²) in [6.45, 7) is 2.18. The van der Waals surface area contributed by atoms with Crippen LogP contribution in [0, 0.1) is 0 Å². The van der Waals surface area contributed by atoms with Crippen molar-refractivity contribution in [2.75, 3.05) is 18.8 Å². The number of sulfonamides is 1. The average molecular weight is 427 g/mol. The van der Waals surface area contributed by atoms with Gasteiger partial charge in [-0.3, -0.25) is 4.79 Å². The summed E-state index contributed by atoms with van der Waals surface area (Å²) in [5.41, 5.74) is 1.33. The molecule has 0 bridgehead atoms. The van der Waals surface area contributed by atoms with Gasteiger partial charge in [-0.15, -0.1) is 0 Å². The Labute approximate surface area is 169 Å². The minimum atomic E-state index is -3.35. The molecular formula is C19H20Cl2N2O3S. The van der Waals surface area contributed by atoms with Gasteiger partial charge in [0, 0.05) is 34.6 Å². The Morgan fingerprint density at radius 3 is 2.33 bits per heavy atom. The minimum absolute atomic E-state index is 0.0269. The molecule has 2 aromatic carbocycles. The predicted molar refractivity (Wildman–Crippen MR) is 108 cm³/mol. The highest BCUT2D eigenvalue weighted by Crippen LogP contribution is 2.30. The topological polar surface area (TPSA) is 66.5 Å². The number of hydrogen-bond acceptors (Lipinski definition) is 3. The van der Waals surface area contributed by atoms with Crippen LogP contribution in [-0.4, -0.2) is 43.5 Å². The summed E-state index contributed by atoms with van der Waals surface area (Å²) in [5, 5.41) is 3.70. The molecule has 1 heterocycles. The van der Waals surface area contributed by atoms with Gasteiger partial charge in [-0.25, -0.2) is 8.42 Å². The SMILES string of the molecule is CCS(=O)(=O)N1C[C@H](NC(=O)c2cc(Cl)cc(Cl)c2)[C@@H](c2ccccc2)C1. The molecule has 1 aliphatic rings. The number of nitrogens with zero attached hydrogens (tertiary/aromatic N) is 1. The third kappa shape index (κ3) is 4.63. The molecule has 1 aliphatic heterocycles. The van der Waals surface area contributed by atoms with Crippen molar-refractivity contribution in [3.63, 3.8) is 0 Å². The largest absolute Gasteiger partial charge is 0.347 e. The molecular weight excluding hydrogens is 407 g/mol. The third-order valence-electron chi connectivity index (χ3n) is 4.71. The highest BCUT2D eigenvalue weighted by atomic mass is 35.5. The normalized spacial score (nSPS) is 20.6. The Bertz CT molecular complexity index is 915. The molecule has 0 unspecified atom stereocenters. The quantitative estimate of drug-likeness (QED) is 0.794. The summed E-state index contributed by atoms with van der Waals surface area (Å²) in [6.07, 6.45) is 0. The van der Waals surface area contributed by atoms with Gasteiger partial charge in [0.25, 0.3) is 5.91 Å². The van der Waals surface area contributed by atoms with Crippen LogP contribution in [0.3, 0.4) is 0 Å². The summed E-state index contributed by atoms with van der Waals surface area (Å²) in [6, 6.07) is 13.9. The van der Waals surface area contributed by atoms with Crippen molar-refractivity contribution in [3.8, 4) is 0 Å². The molecule has 27 heavy (non-hydrogen) atoms.